The van der Waals surface area contributed by atoms with Gasteiger partial charge in [0.05, 0.1) is 7.11 Å². The Morgan fingerprint density at radius 1 is 1.35 bits per heavy atom. The van der Waals surface area contributed by atoms with E-state index in [0.29, 0.717) is 10.0 Å². The minimum atomic E-state index is -1.11. The molecule has 2 N–H and O–H groups in total. The Labute approximate surface area is 105 Å². The zero-order valence-corrected chi connectivity index (χ0v) is 10.4. The van der Waals surface area contributed by atoms with Crippen LogP contribution in [-0.2, 0) is 4.79 Å². The Balaban J connectivity index is 3.27. The molecule has 17 heavy (non-hydrogen) atoms. The number of rotatable bonds is 4. The number of aliphatic carboxylic acids is 1. The molecule has 1 aromatic rings. The molecule has 0 saturated heterocycles. The second-order valence-electron chi connectivity index (χ2n) is 3.05. The van der Waals surface area contributed by atoms with E-state index >= 15 is 0 Å². The van der Waals surface area contributed by atoms with Crippen LogP contribution in [0.15, 0.2) is 22.7 Å². The summed E-state index contributed by atoms with van der Waals surface area (Å²) in [5.41, 5.74) is 0.529. The Kier molecular flexibility index (Phi) is 4.28. The van der Waals surface area contributed by atoms with Gasteiger partial charge in [-0.1, -0.05) is 15.9 Å². The number of methoxy groups -OCH3 is 1. The van der Waals surface area contributed by atoms with Gasteiger partial charge in [-0.2, -0.15) is 0 Å². The summed E-state index contributed by atoms with van der Waals surface area (Å²) in [6, 6.07) is 2.82. The highest BCUT2D eigenvalue weighted by Gasteiger charge is 2.13. The summed E-state index contributed by atoms with van der Waals surface area (Å²) < 4.78 is 5.41. The average Bonchev–Trinajstić information content (AvgIpc) is 2.26. The van der Waals surface area contributed by atoms with Gasteiger partial charge in [-0.3, -0.25) is 0 Å². The van der Waals surface area contributed by atoms with Crippen LogP contribution in [0.25, 0.3) is 6.08 Å². The standard InChI is InChI=1S/C11H9BrO5/c1-17-9-4-6(2-3-10(13)14)8(12)5-7(9)11(15)16/h2-5H,1H3,(H,13,14)(H,15,16)/b3-2+. The van der Waals surface area contributed by atoms with Crippen molar-refractivity contribution in [2.75, 3.05) is 7.11 Å². The number of hydrogen-bond acceptors (Lipinski definition) is 3. The highest BCUT2D eigenvalue weighted by molar-refractivity contribution is 9.10. The molecule has 0 aromatic heterocycles. The van der Waals surface area contributed by atoms with Gasteiger partial charge in [0.1, 0.15) is 11.3 Å². The summed E-state index contributed by atoms with van der Waals surface area (Å²) in [4.78, 5) is 21.3. The van der Waals surface area contributed by atoms with Crippen molar-refractivity contribution in [3.8, 4) is 5.75 Å². The normalized spacial score (nSPS) is 10.5. The summed E-state index contributed by atoms with van der Waals surface area (Å²) in [5, 5.41) is 17.4. The first-order valence-electron chi connectivity index (χ1n) is 4.47. The maximum Gasteiger partial charge on any atom is 0.339 e. The molecule has 0 amide bonds. The van der Waals surface area contributed by atoms with Gasteiger partial charge >= 0.3 is 11.9 Å². The van der Waals surface area contributed by atoms with Crippen molar-refractivity contribution in [2.24, 2.45) is 0 Å². The van der Waals surface area contributed by atoms with Crippen LogP contribution in [0.5, 0.6) is 5.75 Å². The average molecular weight is 301 g/mol. The molecule has 0 aliphatic carbocycles. The molecule has 0 aliphatic rings. The van der Waals surface area contributed by atoms with E-state index in [1.54, 1.807) is 0 Å². The van der Waals surface area contributed by atoms with Crippen molar-refractivity contribution in [2.45, 2.75) is 0 Å². The molecule has 90 valence electrons. The van der Waals surface area contributed by atoms with Crippen molar-refractivity contribution in [1.82, 2.24) is 0 Å². The largest absolute Gasteiger partial charge is 0.496 e. The molecule has 0 bridgehead atoms. The van der Waals surface area contributed by atoms with Crippen LogP contribution < -0.4 is 4.74 Å². The van der Waals surface area contributed by atoms with E-state index in [-0.39, 0.29) is 11.3 Å². The third-order valence-corrected chi connectivity index (χ3v) is 2.64. The number of ether oxygens (including phenoxy) is 1. The van der Waals surface area contributed by atoms with E-state index in [2.05, 4.69) is 15.9 Å². The number of carbonyl (C=O) groups is 2. The molecule has 6 heteroatoms. The molecule has 1 rings (SSSR count). The molecule has 0 unspecified atom stereocenters. The van der Waals surface area contributed by atoms with Crippen LogP contribution in [0.1, 0.15) is 15.9 Å². The van der Waals surface area contributed by atoms with Crippen molar-refractivity contribution < 1.29 is 24.5 Å². The van der Waals surface area contributed by atoms with Crippen LogP contribution in [0.4, 0.5) is 0 Å². The van der Waals surface area contributed by atoms with Crippen LogP contribution in [-0.4, -0.2) is 29.3 Å². The highest BCUT2D eigenvalue weighted by atomic mass is 79.9. The molecule has 0 fully saturated rings. The molecule has 0 aliphatic heterocycles. The van der Waals surface area contributed by atoms with Gasteiger partial charge < -0.3 is 14.9 Å². The lowest BCUT2D eigenvalue weighted by Crippen LogP contribution is -2.01. The molecule has 5 nitrogen and oxygen atoms in total. The fourth-order valence-electron chi connectivity index (χ4n) is 1.19. The number of carboxylic acid groups (broad SMARTS) is 2. The topological polar surface area (TPSA) is 83.8 Å². The van der Waals surface area contributed by atoms with E-state index in [0.717, 1.165) is 6.08 Å². The lowest BCUT2D eigenvalue weighted by molar-refractivity contribution is -0.131. The molecular formula is C11H9BrO5. The van der Waals surface area contributed by atoms with E-state index in [1.807, 2.05) is 0 Å². The van der Waals surface area contributed by atoms with E-state index < -0.39 is 11.9 Å². The third kappa shape index (κ3) is 3.32. The minimum absolute atomic E-state index is 0.00634. The Morgan fingerprint density at radius 2 is 2.00 bits per heavy atom. The molecular weight excluding hydrogens is 292 g/mol. The maximum atomic E-state index is 10.9. The van der Waals surface area contributed by atoms with Crippen LogP contribution in [0.3, 0.4) is 0 Å². The number of benzene rings is 1. The van der Waals surface area contributed by atoms with Gasteiger partial charge in [0, 0.05) is 10.5 Å². The fraction of sp³-hybridized carbons (Fsp3) is 0.0909. The Morgan fingerprint density at radius 3 is 2.47 bits per heavy atom. The quantitative estimate of drug-likeness (QED) is 0.833. The maximum absolute atomic E-state index is 10.9. The first kappa shape index (κ1) is 13.2. The summed E-state index contributed by atoms with van der Waals surface area (Å²) in [6.07, 6.45) is 2.31. The third-order valence-electron chi connectivity index (χ3n) is 1.95. The van der Waals surface area contributed by atoms with E-state index in [4.69, 9.17) is 14.9 Å². The summed E-state index contributed by atoms with van der Waals surface area (Å²) in [6.45, 7) is 0. The summed E-state index contributed by atoms with van der Waals surface area (Å²) >= 11 is 3.17. The zero-order valence-electron chi connectivity index (χ0n) is 8.81. The van der Waals surface area contributed by atoms with Crippen LogP contribution >= 0.6 is 15.9 Å². The van der Waals surface area contributed by atoms with Crippen molar-refractivity contribution >= 4 is 33.9 Å². The fourth-order valence-corrected chi connectivity index (χ4v) is 1.67. The van der Waals surface area contributed by atoms with E-state index in [9.17, 15) is 9.59 Å². The first-order valence-corrected chi connectivity index (χ1v) is 5.27. The van der Waals surface area contributed by atoms with Gasteiger partial charge in [0.15, 0.2) is 0 Å². The highest BCUT2D eigenvalue weighted by Crippen LogP contribution is 2.28. The van der Waals surface area contributed by atoms with Crippen molar-refractivity contribution in [1.29, 1.82) is 0 Å². The molecule has 0 heterocycles. The molecule has 1 aromatic carbocycles. The monoisotopic (exact) mass is 300 g/mol. The number of aromatic carboxylic acids is 1. The smallest absolute Gasteiger partial charge is 0.339 e. The van der Waals surface area contributed by atoms with Crippen molar-refractivity contribution in [3.63, 3.8) is 0 Å². The van der Waals surface area contributed by atoms with E-state index in [1.165, 1.54) is 25.3 Å². The van der Waals surface area contributed by atoms with Crippen LogP contribution in [0.2, 0.25) is 0 Å². The lowest BCUT2D eigenvalue weighted by atomic mass is 10.1. The van der Waals surface area contributed by atoms with Gasteiger partial charge in [-0.15, -0.1) is 0 Å². The Hall–Kier alpha value is -1.82. The summed E-state index contributed by atoms with van der Waals surface area (Å²) in [7, 11) is 1.35. The molecule has 0 atom stereocenters. The number of hydrogen-bond donors (Lipinski definition) is 2. The molecule has 0 radical (unpaired) electrons. The van der Waals surface area contributed by atoms with Crippen molar-refractivity contribution in [3.05, 3.63) is 33.8 Å². The predicted octanol–water partition coefficient (Wildman–Crippen LogP) is 2.25. The molecule has 0 spiro atoms. The lowest BCUT2D eigenvalue weighted by Gasteiger charge is -2.07. The van der Waals surface area contributed by atoms with Crippen LogP contribution in [0, 0.1) is 0 Å². The SMILES string of the molecule is COc1cc(/C=C/C(=O)O)c(Br)cc1C(=O)O. The minimum Gasteiger partial charge on any atom is -0.496 e. The first-order chi connectivity index (χ1) is 7.95. The molecule has 0 saturated carbocycles. The predicted molar refractivity (Wildman–Crippen MR) is 64.3 cm³/mol. The Bertz CT molecular complexity index is 493. The number of carboxylic acids is 2. The van der Waals surface area contributed by atoms with Gasteiger partial charge in [0.2, 0.25) is 0 Å². The zero-order chi connectivity index (χ0) is 13.0. The van der Waals surface area contributed by atoms with Gasteiger partial charge in [0.25, 0.3) is 0 Å². The second kappa shape index (κ2) is 5.49. The number of halogens is 1. The second-order valence-corrected chi connectivity index (χ2v) is 3.91. The van der Waals surface area contributed by atoms with Gasteiger partial charge in [-0.25, -0.2) is 9.59 Å². The van der Waals surface area contributed by atoms with Gasteiger partial charge in [-0.05, 0) is 23.8 Å². The summed E-state index contributed by atoms with van der Waals surface area (Å²) in [5.74, 6) is -2.03.